The van der Waals surface area contributed by atoms with E-state index in [-0.39, 0.29) is 17.9 Å². The largest absolute Gasteiger partial charge is 0.489 e. The van der Waals surface area contributed by atoms with Crippen molar-refractivity contribution in [3.63, 3.8) is 0 Å². The van der Waals surface area contributed by atoms with E-state index in [1.165, 1.54) is 6.08 Å². The van der Waals surface area contributed by atoms with Crippen molar-refractivity contribution >= 4 is 67.9 Å². The molecule has 9 heteroatoms. The lowest BCUT2D eigenvalue weighted by Gasteiger charge is -2.26. The van der Waals surface area contributed by atoms with Gasteiger partial charge in [-0.05, 0) is 82.6 Å². The lowest BCUT2D eigenvalue weighted by molar-refractivity contribution is -0.122. The first-order chi connectivity index (χ1) is 21.4. The molecule has 44 heavy (non-hydrogen) atoms. The molecule has 0 saturated carbocycles. The molecule has 4 amide bonds. The minimum absolute atomic E-state index is 0.208. The number of ether oxygens (including phenoxy) is 2. The van der Waals surface area contributed by atoms with Crippen LogP contribution < -0.4 is 19.7 Å². The van der Waals surface area contributed by atoms with Gasteiger partial charge in [0.1, 0.15) is 30.3 Å². The fourth-order valence-corrected chi connectivity index (χ4v) is 5.33. The lowest BCUT2D eigenvalue weighted by atomic mass is 10.0. The summed E-state index contributed by atoms with van der Waals surface area (Å²) < 4.78 is 12.7. The summed E-state index contributed by atoms with van der Waals surface area (Å²) in [6.45, 7) is 0.592. The summed E-state index contributed by atoms with van der Waals surface area (Å²) in [7, 11) is 0. The van der Waals surface area contributed by atoms with Crippen molar-refractivity contribution in [2.24, 2.45) is 0 Å². The van der Waals surface area contributed by atoms with E-state index in [1.807, 2.05) is 60.7 Å². The predicted molar refractivity (Wildman–Crippen MR) is 174 cm³/mol. The zero-order valence-electron chi connectivity index (χ0n) is 23.1. The summed E-state index contributed by atoms with van der Waals surface area (Å²) in [6, 6.07) is 32.3. The number of anilines is 1. The van der Waals surface area contributed by atoms with Crippen LogP contribution in [0, 0.1) is 0 Å². The molecule has 5 aromatic rings. The number of hydrogen-bond donors (Lipinski definition) is 1. The van der Waals surface area contributed by atoms with Crippen molar-refractivity contribution in [2.75, 3.05) is 4.90 Å². The number of halogens is 2. The van der Waals surface area contributed by atoms with Crippen LogP contribution in [-0.2, 0) is 22.8 Å². The molecule has 0 aromatic heterocycles. The van der Waals surface area contributed by atoms with Crippen molar-refractivity contribution < 1.29 is 23.9 Å². The number of nitrogens with one attached hydrogen (secondary N) is 1. The predicted octanol–water partition coefficient (Wildman–Crippen LogP) is 8.08. The van der Waals surface area contributed by atoms with Crippen molar-refractivity contribution in [3.05, 3.63) is 141 Å². The Morgan fingerprint density at radius 3 is 2.34 bits per heavy atom. The van der Waals surface area contributed by atoms with Crippen LogP contribution in [0.2, 0.25) is 5.02 Å². The van der Waals surface area contributed by atoms with E-state index in [2.05, 4.69) is 21.2 Å². The van der Waals surface area contributed by atoms with Crippen LogP contribution in [0.1, 0.15) is 16.7 Å². The first-order valence-electron chi connectivity index (χ1n) is 13.6. The van der Waals surface area contributed by atoms with Crippen molar-refractivity contribution in [2.45, 2.75) is 13.2 Å². The lowest BCUT2D eigenvalue weighted by Crippen LogP contribution is -2.54. The molecule has 6 rings (SSSR count). The molecule has 0 bridgehead atoms. The van der Waals surface area contributed by atoms with Gasteiger partial charge in [0.05, 0.1) is 5.69 Å². The number of imide groups is 2. The number of fused-ring (bicyclic) bond motifs is 1. The second kappa shape index (κ2) is 12.8. The van der Waals surface area contributed by atoms with Gasteiger partial charge in [0.2, 0.25) is 0 Å². The summed E-state index contributed by atoms with van der Waals surface area (Å²) in [5.41, 5.74) is 2.50. The maximum Gasteiger partial charge on any atom is 0.335 e. The Bertz CT molecular complexity index is 1920. The highest BCUT2D eigenvalue weighted by Crippen LogP contribution is 2.30. The number of rotatable bonds is 8. The van der Waals surface area contributed by atoms with Gasteiger partial charge < -0.3 is 9.47 Å². The fraction of sp³-hybridized carbons (Fsp3) is 0.0571. The second-order valence-corrected chi connectivity index (χ2v) is 11.3. The monoisotopic (exact) mass is 666 g/mol. The van der Waals surface area contributed by atoms with Gasteiger partial charge in [0.25, 0.3) is 11.8 Å². The molecule has 0 unspecified atom stereocenters. The van der Waals surface area contributed by atoms with Gasteiger partial charge >= 0.3 is 6.03 Å². The molecule has 1 heterocycles. The average Bonchev–Trinajstić information content (AvgIpc) is 3.03. The molecule has 1 fully saturated rings. The number of amides is 4. The van der Waals surface area contributed by atoms with Gasteiger partial charge in [-0.15, -0.1) is 0 Å². The summed E-state index contributed by atoms with van der Waals surface area (Å²) in [5.74, 6) is -0.532. The molecule has 1 aliphatic heterocycles. The number of barbiturate groups is 1. The van der Waals surface area contributed by atoms with E-state index >= 15 is 0 Å². The van der Waals surface area contributed by atoms with Crippen LogP contribution in [0.15, 0.2) is 119 Å². The number of benzene rings is 5. The van der Waals surface area contributed by atoms with Crippen molar-refractivity contribution in [1.29, 1.82) is 0 Å². The Balaban J connectivity index is 1.22. The third-order valence-electron chi connectivity index (χ3n) is 7.05. The summed E-state index contributed by atoms with van der Waals surface area (Å²) in [6.07, 6.45) is 1.43. The smallest absolute Gasteiger partial charge is 0.335 e. The molecule has 5 aromatic carbocycles. The Kier molecular flexibility index (Phi) is 8.45. The van der Waals surface area contributed by atoms with Gasteiger partial charge in [-0.25, -0.2) is 9.69 Å². The van der Waals surface area contributed by atoms with E-state index in [0.29, 0.717) is 28.7 Å². The quantitative estimate of drug-likeness (QED) is 0.134. The Morgan fingerprint density at radius 1 is 0.795 bits per heavy atom. The zero-order chi connectivity index (χ0) is 30.6. The van der Waals surface area contributed by atoms with Gasteiger partial charge in [0, 0.05) is 15.1 Å². The minimum atomic E-state index is -0.839. The molecule has 218 valence electrons. The van der Waals surface area contributed by atoms with Gasteiger partial charge in [-0.1, -0.05) is 82.1 Å². The van der Waals surface area contributed by atoms with Crippen LogP contribution in [0.3, 0.4) is 0 Å². The second-order valence-electron chi connectivity index (χ2n) is 9.98. The van der Waals surface area contributed by atoms with Gasteiger partial charge in [0.15, 0.2) is 0 Å². The molecule has 7 nitrogen and oxygen atoms in total. The normalized spacial score (nSPS) is 14.2. The van der Waals surface area contributed by atoms with Crippen LogP contribution >= 0.6 is 27.5 Å². The number of carbonyl (C=O) groups is 3. The molecular formula is C35H24BrClN2O5. The van der Waals surface area contributed by atoms with E-state index in [0.717, 1.165) is 31.3 Å². The minimum Gasteiger partial charge on any atom is -0.489 e. The summed E-state index contributed by atoms with van der Waals surface area (Å²) in [5, 5.41) is 5.08. The van der Waals surface area contributed by atoms with E-state index in [1.54, 1.807) is 48.5 Å². The molecule has 0 spiro atoms. The topological polar surface area (TPSA) is 84.9 Å². The Labute approximate surface area is 266 Å². The van der Waals surface area contributed by atoms with Gasteiger partial charge in [-0.2, -0.15) is 0 Å². The third kappa shape index (κ3) is 6.37. The van der Waals surface area contributed by atoms with Crippen LogP contribution in [0.25, 0.3) is 16.8 Å². The number of urea groups is 1. The molecule has 1 N–H and O–H groups in total. The van der Waals surface area contributed by atoms with Gasteiger partial charge in [-0.3, -0.25) is 14.9 Å². The van der Waals surface area contributed by atoms with Crippen LogP contribution in [-0.4, -0.2) is 17.8 Å². The van der Waals surface area contributed by atoms with E-state index in [9.17, 15) is 14.4 Å². The highest BCUT2D eigenvalue weighted by Gasteiger charge is 2.37. The SMILES string of the molecule is O=C1NC(=O)N(c2ccc(OCc3ccc(Cl)cc3)cc2)C(=O)/C1=C/c1cc(Br)ccc1OCc1cccc2ccccc12. The molecule has 1 aliphatic rings. The standard InChI is InChI=1S/C35H24BrClN2O5/c36-26-10-17-32(44-21-24-6-3-5-23-4-1-2-7-30(23)24)25(18-26)19-31-33(40)38-35(42)39(34(31)41)28-13-15-29(16-14-28)43-20-22-8-11-27(37)12-9-22/h1-19H,20-21H2,(H,38,40,42)/b31-19+. The third-order valence-corrected chi connectivity index (χ3v) is 7.80. The summed E-state index contributed by atoms with van der Waals surface area (Å²) in [4.78, 5) is 40.2. The number of hydrogen-bond acceptors (Lipinski definition) is 5. The molecule has 1 saturated heterocycles. The highest BCUT2D eigenvalue weighted by atomic mass is 79.9. The maximum absolute atomic E-state index is 13.6. The van der Waals surface area contributed by atoms with Crippen molar-refractivity contribution in [3.8, 4) is 11.5 Å². The first-order valence-corrected chi connectivity index (χ1v) is 14.8. The average molecular weight is 668 g/mol. The molecular weight excluding hydrogens is 644 g/mol. The van der Waals surface area contributed by atoms with Crippen LogP contribution in [0.5, 0.6) is 11.5 Å². The number of nitrogens with zero attached hydrogens (tertiary/aromatic N) is 1. The van der Waals surface area contributed by atoms with E-state index in [4.69, 9.17) is 21.1 Å². The highest BCUT2D eigenvalue weighted by molar-refractivity contribution is 9.10. The summed E-state index contributed by atoms with van der Waals surface area (Å²) >= 11 is 9.40. The molecule has 0 radical (unpaired) electrons. The maximum atomic E-state index is 13.6. The van der Waals surface area contributed by atoms with Crippen molar-refractivity contribution in [1.82, 2.24) is 5.32 Å². The Morgan fingerprint density at radius 2 is 1.55 bits per heavy atom. The Hall–Kier alpha value is -4.92. The van der Waals surface area contributed by atoms with Crippen LogP contribution in [0.4, 0.5) is 10.5 Å². The zero-order valence-corrected chi connectivity index (χ0v) is 25.5. The fourth-order valence-electron chi connectivity index (χ4n) is 4.82. The first kappa shape index (κ1) is 29.2. The molecule has 0 atom stereocenters. The number of carbonyl (C=O) groups excluding carboxylic acids is 3. The molecule has 0 aliphatic carbocycles. The van der Waals surface area contributed by atoms with E-state index < -0.39 is 17.8 Å².